The van der Waals surface area contributed by atoms with E-state index in [0.717, 1.165) is 0 Å². The lowest BCUT2D eigenvalue weighted by Crippen LogP contribution is -2.56. The van der Waals surface area contributed by atoms with Gasteiger partial charge in [0.2, 0.25) is 0 Å². The molecule has 1 heterocycles. The topological polar surface area (TPSA) is 3.24 Å². The molecule has 0 amide bonds. The maximum atomic E-state index is 2.42. The van der Waals surface area contributed by atoms with Gasteiger partial charge in [-0.05, 0) is 37.3 Å². The lowest BCUT2D eigenvalue weighted by molar-refractivity contribution is 0.181. The molecule has 1 aliphatic heterocycles. The summed E-state index contributed by atoms with van der Waals surface area (Å²) in [6.07, 6.45) is 1.17. The minimum absolute atomic E-state index is 0.210. The molecule has 0 aromatic heterocycles. The minimum atomic E-state index is 0.210. The van der Waals surface area contributed by atoms with Gasteiger partial charge in [0.1, 0.15) is 0 Å². The first kappa shape index (κ1) is 10.5. The Morgan fingerprint density at radius 2 is 1.67 bits per heavy atom. The molecule has 0 bridgehead atoms. The second-order valence-corrected chi connectivity index (χ2v) is 5.81. The molecule has 0 unspecified atom stereocenters. The van der Waals surface area contributed by atoms with Gasteiger partial charge >= 0.3 is 0 Å². The van der Waals surface area contributed by atoms with E-state index in [2.05, 4.69) is 63.9 Å². The monoisotopic (exact) mass is 203 g/mol. The maximum absolute atomic E-state index is 2.42. The summed E-state index contributed by atoms with van der Waals surface area (Å²) in [5.41, 5.74) is 3.39. The van der Waals surface area contributed by atoms with Crippen LogP contribution in [0.1, 0.15) is 33.3 Å². The van der Waals surface area contributed by atoms with E-state index >= 15 is 0 Å². The van der Waals surface area contributed by atoms with Crippen molar-refractivity contribution in [2.75, 3.05) is 11.9 Å². The third kappa shape index (κ3) is 1.37. The molecule has 1 aromatic carbocycles. The highest BCUT2D eigenvalue weighted by Crippen LogP contribution is 2.46. The van der Waals surface area contributed by atoms with Gasteiger partial charge in [-0.1, -0.05) is 32.0 Å². The zero-order valence-corrected chi connectivity index (χ0v) is 10.5. The predicted molar refractivity (Wildman–Crippen MR) is 66.4 cm³/mol. The van der Waals surface area contributed by atoms with Crippen molar-refractivity contribution in [2.24, 2.45) is 5.41 Å². The fraction of sp³-hybridized carbons (Fsp3) is 0.571. The number of fused-ring (bicyclic) bond motifs is 1. The molecule has 0 atom stereocenters. The van der Waals surface area contributed by atoms with Gasteiger partial charge in [-0.25, -0.2) is 0 Å². The van der Waals surface area contributed by atoms with E-state index in [1.807, 2.05) is 0 Å². The zero-order chi connectivity index (χ0) is 11.3. The molecule has 1 nitrogen and oxygen atoms in total. The summed E-state index contributed by atoms with van der Waals surface area (Å²) in [7, 11) is 2.21. The highest BCUT2D eigenvalue weighted by atomic mass is 15.2. The summed E-state index contributed by atoms with van der Waals surface area (Å²) < 4.78 is 0. The van der Waals surface area contributed by atoms with Crippen LogP contribution in [0.25, 0.3) is 0 Å². The normalized spacial score (nSPS) is 22.3. The van der Waals surface area contributed by atoms with E-state index in [1.54, 1.807) is 0 Å². The molecule has 0 radical (unpaired) electrons. The molecule has 0 aliphatic carbocycles. The largest absolute Gasteiger partial charge is 0.369 e. The van der Waals surface area contributed by atoms with Crippen LogP contribution in [0.4, 0.5) is 5.69 Å². The Balaban J connectivity index is 2.56. The SMILES string of the molecule is CN1c2ccccc2CC(C)(C)C1(C)C. The minimum Gasteiger partial charge on any atom is -0.369 e. The van der Waals surface area contributed by atoms with Crippen LogP contribution in [-0.4, -0.2) is 12.6 Å². The van der Waals surface area contributed by atoms with Crippen LogP contribution in [-0.2, 0) is 6.42 Å². The third-order valence-electron chi connectivity index (χ3n) is 4.48. The lowest BCUT2D eigenvalue weighted by Gasteiger charge is -2.53. The molecule has 82 valence electrons. The van der Waals surface area contributed by atoms with Crippen molar-refractivity contribution in [3.8, 4) is 0 Å². The third-order valence-corrected chi connectivity index (χ3v) is 4.48. The molecular weight excluding hydrogens is 182 g/mol. The Morgan fingerprint density at radius 1 is 1.07 bits per heavy atom. The molecule has 1 heteroatoms. The van der Waals surface area contributed by atoms with Crippen molar-refractivity contribution in [3.63, 3.8) is 0 Å². The van der Waals surface area contributed by atoms with E-state index < -0.39 is 0 Å². The van der Waals surface area contributed by atoms with E-state index in [9.17, 15) is 0 Å². The van der Waals surface area contributed by atoms with Gasteiger partial charge in [0.05, 0.1) is 0 Å². The van der Waals surface area contributed by atoms with Gasteiger partial charge in [0, 0.05) is 18.3 Å². The Hall–Kier alpha value is -0.980. The smallest absolute Gasteiger partial charge is 0.0401 e. The molecule has 15 heavy (non-hydrogen) atoms. The number of hydrogen-bond acceptors (Lipinski definition) is 1. The van der Waals surface area contributed by atoms with Gasteiger partial charge in [-0.15, -0.1) is 0 Å². The fourth-order valence-electron chi connectivity index (χ4n) is 2.44. The highest BCUT2D eigenvalue weighted by Gasteiger charge is 2.44. The average Bonchev–Trinajstić information content (AvgIpc) is 2.15. The zero-order valence-electron chi connectivity index (χ0n) is 10.5. The first-order chi connectivity index (χ1) is 6.86. The van der Waals surface area contributed by atoms with Gasteiger partial charge in [-0.2, -0.15) is 0 Å². The predicted octanol–water partition coefficient (Wildman–Crippen LogP) is 3.48. The van der Waals surface area contributed by atoms with E-state index in [1.165, 1.54) is 17.7 Å². The summed E-state index contributed by atoms with van der Waals surface area (Å²) in [6.45, 7) is 9.39. The van der Waals surface area contributed by atoms with Crippen LogP contribution < -0.4 is 4.90 Å². The number of rotatable bonds is 0. The van der Waals surface area contributed by atoms with Crippen LogP contribution in [0.3, 0.4) is 0 Å². The van der Waals surface area contributed by atoms with Crippen molar-refractivity contribution < 1.29 is 0 Å². The molecule has 2 rings (SSSR count). The first-order valence-corrected chi connectivity index (χ1v) is 5.68. The quantitative estimate of drug-likeness (QED) is 0.624. The molecular formula is C14H21N. The van der Waals surface area contributed by atoms with Crippen molar-refractivity contribution >= 4 is 5.69 Å². The molecule has 0 fully saturated rings. The molecule has 0 saturated heterocycles. The van der Waals surface area contributed by atoms with Gasteiger partial charge in [-0.3, -0.25) is 0 Å². The number of hydrogen-bond donors (Lipinski definition) is 0. The fourth-order valence-corrected chi connectivity index (χ4v) is 2.44. The van der Waals surface area contributed by atoms with Crippen LogP contribution in [0.2, 0.25) is 0 Å². The van der Waals surface area contributed by atoms with Crippen LogP contribution in [0.15, 0.2) is 24.3 Å². The first-order valence-electron chi connectivity index (χ1n) is 5.68. The van der Waals surface area contributed by atoms with Gasteiger partial charge in [0.15, 0.2) is 0 Å². The van der Waals surface area contributed by atoms with E-state index in [4.69, 9.17) is 0 Å². The average molecular weight is 203 g/mol. The summed E-state index contributed by atoms with van der Waals surface area (Å²) >= 11 is 0. The number of anilines is 1. The number of nitrogens with zero attached hydrogens (tertiary/aromatic N) is 1. The van der Waals surface area contributed by atoms with Crippen LogP contribution in [0.5, 0.6) is 0 Å². The second kappa shape index (κ2) is 3.01. The number of benzene rings is 1. The molecule has 0 spiro atoms. The Bertz CT molecular complexity index is 377. The van der Waals surface area contributed by atoms with Crippen molar-refractivity contribution in [2.45, 2.75) is 39.7 Å². The Kier molecular flexibility index (Phi) is 2.11. The second-order valence-electron chi connectivity index (χ2n) is 5.81. The lowest BCUT2D eigenvalue weighted by atomic mass is 9.67. The number of para-hydroxylation sites is 1. The molecule has 1 aromatic rings. The summed E-state index contributed by atoms with van der Waals surface area (Å²) in [5.74, 6) is 0. The van der Waals surface area contributed by atoms with Gasteiger partial charge < -0.3 is 4.90 Å². The summed E-state index contributed by atoms with van der Waals surface area (Å²) in [6, 6.07) is 8.75. The van der Waals surface area contributed by atoms with Crippen molar-refractivity contribution in [1.82, 2.24) is 0 Å². The van der Waals surface area contributed by atoms with Crippen molar-refractivity contribution in [3.05, 3.63) is 29.8 Å². The van der Waals surface area contributed by atoms with Crippen molar-refractivity contribution in [1.29, 1.82) is 0 Å². The van der Waals surface area contributed by atoms with E-state index in [0.29, 0.717) is 5.41 Å². The summed E-state index contributed by atoms with van der Waals surface area (Å²) in [4.78, 5) is 2.42. The standard InChI is InChI=1S/C14H21N/c1-13(2)10-11-8-6-7-9-12(11)15(5)14(13,3)4/h6-9H,10H2,1-5H3. The Morgan fingerprint density at radius 3 is 2.33 bits per heavy atom. The van der Waals surface area contributed by atoms with Crippen LogP contribution >= 0.6 is 0 Å². The molecule has 0 N–H and O–H groups in total. The van der Waals surface area contributed by atoms with E-state index in [-0.39, 0.29) is 5.54 Å². The molecule has 0 saturated carbocycles. The maximum Gasteiger partial charge on any atom is 0.0401 e. The molecule has 1 aliphatic rings. The Labute approximate surface area is 93.1 Å². The van der Waals surface area contributed by atoms with Gasteiger partial charge in [0.25, 0.3) is 0 Å². The summed E-state index contributed by atoms with van der Waals surface area (Å²) in [5, 5.41) is 0. The van der Waals surface area contributed by atoms with Crippen LogP contribution in [0, 0.1) is 5.41 Å². The highest BCUT2D eigenvalue weighted by molar-refractivity contribution is 5.58.